The van der Waals surface area contributed by atoms with E-state index in [9.17, 15) is 14.3 Å². The first kappa shape index (κ1) is 19.7. The van der Waals surface area contributed by atoms with Gasteiger partial charge in [0, 0.05) is 25.8 Å². The average molecular weight is 384 g/mol. The van der Waals surface area contributed by atoms with Crippen molar-refractivity contribution in [2.24, 2.45) is 4.99 Å². The average Bonchev–Trinajstić information content (AvgIpc) is 2.69. The van der Waals surface area contributed by atoms with Gasteiger partial charge in [0.1, 0.15) is 11.7 Å². The minimum absolute atomic E-state index is 0.0454. The van der Waals surface area contributed by atoms with Crippen molar-refractivity contribution < 1.29 is 14.3 Å². The number of carbonyl (C=O) groups is 1. The molecule has 6 nitrogen and oxygen atoms in total. The first-order valence-electron chi connectivity index (χ1n) is 9.19. The second kappa shape index (κ2) is 7.88. The fourth-order valence-corrected chi connectivity index (χ4v) is 3.37. The molecule has 1 aromatic carbocycles. The fraction of sp³-hybridized carbons (Fsp3) is 0.333. The van der Waals surface area contributed by atoms with Crippen LogP contribution in [0.2, 0.25) is 0 Å². The molecule has 1 fully saturated rings. The third-order valence-corrected chi connectivity index (χ3v) is 5.13. The number of amides is 1. The van der Waals surface area contributed by atoms with Crippen molar-refractivity contribution in [3.63, 3.8) is 0 Å². The van der Waals surface area contributed by atoms with E-state index >= 15 is 0 Å². The summed E-state index contributed by atoms with van der Waals surface area (Å²) in [4.78, 5) is 21.1. The fourth-order valence-electron chi connectivity index (χ4n) is 3.37. The maximum Gasteiger partial charge on any atom is 0.274 e. The van der Waals surface area contributed by atoms with Crippen LogP contribution in [0.25, 0.3) is 0 Å². The number of nitrogens with one attached hydrogen (secondary N) is 1. The number of carbonyl (C=O) groups excluding carboxylic acids is 1. The van der Waals surface area contributed by atoms with Crippen molar-refractivity contribution in [2.45, 2.75) is 32.4 Å². The largest absolute Gasteiger partial charge is 0.504 e. The monoisotopic (exact) mass is 384 g/mol. The highest BCUT2D eigenvalue weighted by molar-refractivity contribution is 6.01. The molecule has 0 radical (unpaired) electrons. The number of amidine groups is 1. The van der Waals surface area contributed by atoms with E-state index in [0.29, 0.717) is 18.1 Å². The molecule has 0 aliphatic carbocycles. The van der Waals surface area contributed by atoms with Crippen molar-refractivity contribution in [3.8, 4) is 0 Å². The molecule has 1 amide bonds. The topological polar surface area (TPSA) is 68.2 Å². The van der Waals surface area contributed by atoms with Crippen LogP contribution in [0.15, 0.2) is 65.3 Å². The summed E-state index contributed by atoms with van der Waals surface area (Å²) in [7, 11) is 1.94. The molecule has 1 unspecified atom stereocenters. The van der Waals surface area contributed by atoms with Crippen molar-refractivity contribution in [3.05, 3.63) is 71.7 Å². The van der Waals surface area contributed by atoms with Gasteiger partial charge in [-0.3, -0.25) is 4.79 Å². The Morgan fingerprint density at radius 3 is 2.75 bits per heavy atom. The number of aliphatic imine (C=N–C) groups is 1. The van der Waals surface area contributed by atoms with Crippen LogP contribution in [0.5, 0.6) is 0 Å². The van der Waals surface area contributed by atoms with Crippen molar-refractivity contribution in [2.75, 3.05) is 13.6 Å². The lowest BCUT2D eigenvalue weighted by Gasteiger charge is -2.43. The Bertz CT molecular complexity index is 873. The lowest BCUT2D eigenvalue weighted by atomic mass is 9.99. The van der Waals surface area contributed by atoms with E-state index in [-0.39, 0.29) is 29.9 Å². The summed E-state index contributed by atoms with van der Waals surface area (Å²) in [6.45, 7) is 10.7. The third-order valence-electron chi connectivity index (χ3n) is 5.13. The Morgan fingerprint density at radius 2 is 2.11 bits per heavy atom. The second-order valence-corrected chi connectivity index (χ2v) is 7.08. The summed E-state index contributed by atoms with van der Waals surface area (Å²) in [5.74, 6) is -0.377. The van der Waals surface area contributed by atoms with E-state index < -0.39 is 5.91 Å². The highest BCUT2D eigenvalue weighted by Gasteiger charge is 2.37. The zero-order valence-corrected chi connectivity index (χ0v) is 16.2. The molecule has 0 saturated carbocycles. The summed E-state index contributed by atoms with van der Waals surface area (Å²) >= 11 is 0. The molecule has 3 rings (SSSR count). The number of halogens is 1. The maximum atomic E-state index is 13.0. The van der Waals surface area contributed by atoms with E-state index in [1.54, 1.807) is 12.1 Å². The van der Waals surface area contributed by atoms with Crippen LogP contribution in [0.3, 0.4) is 0 Å². The third kappa shape index (κ3) is 3.78. The van der Waals surface area contributed by atoms with Crippen molar-refractivity contribution in [1.29, 1.82) is 0 Å². The van der Waals surface area contributed by atoms with Crippen molar-refractivity contribution in [1.82, 2.24) is 15.1 Å². The van der Waals surface area contributed by atoms with Crippen LogP contribution in [0.4, 0.5) is 4.39 Å². The van der Waals surface area contributed by atoms with Gasteiger partial charge in [-0.05, 0) is 37.5 Å². The van der Waals surface area contributed by atoms with Crippen LogP contribution in [0, 0.1) is 5.82 Å². The highest BCUT2D eigenvalue weighted by Crippen LogP contribution is 2.30. The van der Waals surface area contributed by atoms with Crippen LogP contribution in [-0.2, 0) is 11.3 Å². The first-order chi connectivity index (χ1) is 13.3. The SMILES string of the molecule is C=C1C(O)=C(C(=O)NCc2ccc(F)cc2)N=C2C(N(C)C(=C)C)CCCN12. The molecule has 2 aliphatic rings. The zero-order valence-electron chi connectivity index (χ0n) is 16.2. The van der Waals surface area contributed by atoms with Gasteiger partial charge in [-0.1, -0.05) is 25.3 Å². The van der Waals surface area contributed by atoms with E-state index in [1.807, 2.05) is 23.8 Å². The molecule has 2 aliphatic heterocycles. The number of fused-ring (bicyclic) bond motifs is 1. The number of benzene rings is 1. The molecule has 2 heterocycles. The smallest absolute Gasteiger partial charge is 0.274 e. The molecule has 2 N–H and O–H groups in total. The van der Waals surface area contributed by atoms with Crippen molar-refractivity contribution >= 4 is 11.7 Å². The molecule has 1 saturated heterocycles. The number of piperidine rings is 1. The second-order valence-electron chi connectivity index (χ2n) is 7.08. The number of likely N-dealkylation sites (N-methyl/N-ethyl adjacent to an activating group) is 1. The quantitative estimate of drug-likeness (QED) is 0.819. The van der Waals surface area contributed by atoms with Gasteiger partial charge in [0.05, 0.1) is 11.7 Å². The Morgan fingerprint density at radius 1 is 1.43 bits per heavy atom. The standard InChI is InChI=1S/C21H25FN4O2/c1-13(2)25(4)17-6-5-11-26-14(3)19(27)18(24-20(17)26)21(28)23-12-15-7-9-16(22)10-8-15/h7-10,17,27H,1,3,5-6,11-12H2,2,4H3,(H,23,28). The molecule has 148 valence electrons. The van der Waals surface area contributed by atoms with Gasteiger partial charge in [0.25, 0.3) is 5.91 Å². The van der Waals surface area contributed by atoms with E-state index in [1.165, 1.54) is 12.1 Å². The van der Waals surface area contributed by atoms with Gasteiger partial charge in [-0.2, -0.15) is 0 Å². The molecular weight excluding hydrogens is 359 g/mol. The van der Waals surface area contributed by atoms with Gasteiger partial charge in [-0.15, -0.1) is 0 Å². The molecule has 1 atom stereocenters. The Kier molecular flexibility index (Phi) is 5.53. The number of allylic oxidation sites excluding steroid dienone is 1. The summed E-state index contributed by atoms with van der Waals surface area (Å²) in [5, 5.41) is 13.2. The lowest BCUT2D eigenvalue weighted by molar-refractivity contribution is -0.117. The number of hydrogen-bond donors (Lipinski definition) is 2. The Labute approximate surface area is 164 Å². The van der Waals surface area contributed by atoms with Crippen LogP contribution < -0.4 is 5.32 Å². The summed E-state index contributed by atoms with van der Waals surface area (Å²) in [6, 6.07) is 5.81. The Hall–Kier alpha value is -3.09. The summed E-state index contributed by atoms with van der Waals surface area (Å²) in [6.07, 6.45) is 1.79. The molecule has 0 bridgehead atoms. The molecule has 28 heavy (non-hydrogen) atoms. The van der Waals surface area contributed by atoms with Crippen LogP contribution in [-0.4, -0.2) is 46.3 Å². The van der Waals surface area contributed by atoms with Gasteiger partial charge >= 0.3 is 0 Å². The highest BCUT2D eigenvalue weighted by atomic mass is 19.1. The number of hydrogen-bond acceptors (Lipinski definition) is 5. The van der Waals surface area contributed by atoms with Gasteiger partial charge < -0.3 is 20.2 Å². The van der Waals surface area contributed by atoms with Crippen LogP contribution >= 0.6 is 0 Å². The molecule has 0 spiro atoms. The van der Waals surface area contributed by atoms with E-state index in [4.69, 9.17) is 0 Å². The zero-order chi connectivity index (χ0) is 20.4. The summed E-state index contributed by atoms with van der Waals surface area (Å²) < 4.78 is 13.0. The predicted octanol–water partition coefficient (Wildman–Crippen LogP) is 3.07. The minimum Gasteiger partial charge on any atom is -0.504 e. The van der Waals surface area contributed by atoms with E-state index in [2.05, 4.69) is 23.5 Å². The number of aliphatic hydroxyl groups excluding tert-OH is 1. The minimum atomic E-state index is -0.502. The maximum absolute atomic E-state index is 13.0. The summed E-state index contributed by atoms with van der Waals surface area (Å²) in [5.41, 5.74) is 1.95. The normalized spacial score (nSPS) is 19.1. The van der Waals surface area contributed by atoms with Gasteiger partial charge in [0.15, 0.2) is 11.5 Å². The number of rotatable bonds is 5. The molecule has 1 aromatic rings. The van der Waals surface area contributed by atoms with Gasteiger partial charge in [0.2, 0.25) is 0 Å². The predicted molar refractivity (Wildman–Crippen MR) is 107 cm³/mol. The lowest BCUT2D eigenvalue weighted by Crippen LogP contribution is -2.52. The number of aliphatic hydroxyl groups is 1. The first-order valence-corrected chi connectivity index (χ1v) is 9.19. The Balaban J connectivity index is 1.83. The number of nitrogens with zero attached hydrogens (tertiary/aromatic N) is 3. The molecular formula is C21H25FN4O2. The molecule has 0 aromatic heterocycles. The van der Waals surface area contributed by atoms with Crippen LogP contribution in [0.1, 0.15) is 25.3 Å². The molecule has 7 heteroatoms. The van der Waals surface area contributed by atoms with E-state index in [0.717, 1.165) is 24.1 Å². The van der Waals surface area contributed by atoms with Gasteiger partial charge in [-0.25, -0.2) is 9.38 Å².